The number of aromatic nitrogens is 7. The normalized spacial score (nSPS) is 12.6. The van der Waals surface area contributed by atoms with Crippen LogP contribution in [-0.2, 0) is 38.2 Å². The number of rotatable bonds is 12. The van der Waals surface area contributed by atoms with E-state index in [0.29, 0.717) is 5.01 Å². The van der Waals surface area contributed by atoms with Gasteiger partial charge in [0.05, 0.1) is 42.8 Å². The number of aryl methyl sites for hydroxylation is 1. The zero-order valence-corrected chi connectivity index (χ0v) is 23.1. The van der Waals surface area contributed by atoms with Gasteiger partial charge in [-0.3, -0.25) is 14.6 Å². The lowest BCUT2D eigenvalue weighted by Crippen LogP contribution is -2.24. The molecule has 0 bridgehead atoms. The van der Waals surface area contributed by atoms with Crippen LogP contribution >= 0.6 is 11.3 Å². The van der Waals surface area contributed by atoms with Crippen LogP contribution in [0.5, 0.6) is 0 Å². The Hall–Kier alpha value is -4.48. The van der Waals surface area contributed by atoms with E-state index in [0.717, 1.165) is 41.3 Å². The Morgan fingerprint density at radius 3 is 2.49 bits per heavy atom. The highest BCUT2D eigenvalue weighted by Crippen LogP contribution is 2.29. The highest BCUT2D eigenvalue weighted by molar-refractivity contribution is 7.13. The minimum absolute atomic E-state index is 0.00893. The number of alkyl halides is 6. The van der Waals surface area contributed by atoms with Crippen LogP contribution in [0.15, 0.2) is 42.7 Å². The van der Waals surface area contributed by atoms with Gasteiger partial charge in [-0.05, 0) is 30.7 Å². The van der Waals surface area contributed by atoms with Crippen LogP contribution in [-0.4, -0.2) is 53.1 Å². The van der Waals surface area contributed by atoms with E-state index < -0.39 is 41.3 Å². The monoisotopic (exact) mass is 627 g/mol. The molecule has 4 rings (SSSR count). The molecule has 1 unspecified atom stereocenters. The van der Waals surface area contributed by atoms with Crippen molar-refractivity contribution in [2.45, 2.75) is 57.7 Å². The number of pyridine rings is 2. The maximum absolute atomic E-state index is 14.6. The fourth-order valence-corrected chi connectivity index (χ4v) is 4.37. The molecule has 2 amide bonds. The van der Waals surface area contributed by atoms with E-state index in [9.17, 15) is 35.9 Å². The van der Waals surface area contributed by atoms with Gasteiger partial charge in [0, 0.05) is 19.5 Å². The largest absolute Gasteiger partial charge is 0.416 e. The first-order valence-electron chi connectivity index (χ1n) is 12.6. The molecule has 4 aromatic heterocycles. The van der Waals surface area contributed by atoms with Crippen LogP contribution in [0.25, 0.3) is 0 Å². The highest BCUT2D eigenvalue weighted by atomic mass is 32.1. The standard InChI is InChI=1S/C25H23F6N9O2S/c1-24(27,28)19-4-2-3-16(35-19)10-34-22(42)23-38-37-20(43-23)6-5-15(26)12-40-13-18(36-39-40)21(41)33-11-17-9-14(7-8-32-17)25(29,30)31/h2-4,7-9,13,15H,5-6,10-12H2,1H3,(H,33,41)(H,34,42). The molecular formula is C25H23F6N9O2S. The second kappa shape index (κ2) is 13.2. The molecule has 0 spiro atoms. The molecule has 18 heteroatoms. The fourth-order valence-electron chi connectivity index (χ4n) is 3.59. The molecule has 0 fully saturated rings. The van der Waals surface area contributed by atoms with Gasteiger partial charge in [0.2, 0.25) is 5.01 Å². The first-order chi connectivity index (χ1) is 20.3. The summed E-state index contributed by atoms with van der Waals surface area (Å²) in [5.74, 6) is -4.44. The summed E-state index contributed by atoms with van der Waals surface area (Å²) in [6, 6.07) is 5.71. The number of nitrogens with one attached hydrogen (secondary N) is 2. The molecule has 0 aliphatic heterocycles. The van der Waals surface area contributed by atoms with Crippen molar-refractivity contribution in [2.24, 2.45) is 0 Å². The van der Waals surface area contributed by atoms with Gasteiger partial charge in [-0.2, -0.15) is 22.0 Å². The second-order valence-corrected chi connectivity index (χ2v) is 10.3. The van der Waals surface area contributed by atoms with Crippen LogP contribution in [0.4, 0.5) is 26.3 Å². The number of carbonyl (C=O) groups excluding carboxylic acids is 2. The lowest BCUT2D eigenvalue weighted by molar-refractivity contribution is -0.137. The molecule has 0 saturated carbocycles. The maximum Gasteiger partial charge on any atom is 0.416 e. The van der Waals surface area contributed by atoms with Gasteiger partial charge < -0.3 is 10.6 Å². The van der Waals surface area contributed by atoms with Crippen molar-refractivity contribution in [3.05, 3.63) is 81.1 Å². The number of halogens is 6. The molecule has 0 aliphatic rings. The Labute approximate surface area is 243 Å². The van der Waals surface area contributed by atoms with Crippen molar-refractivity contribution in [1.29, 1.82) is 0 Å². The van der Waals surface area contributed by atoms with Gasteiger partial charge in [0.15, 0.2) is 5.69 Å². The topological polar surface area (TPSA) is 140 Å². The van der Waals surface area contributed by atoms with Gasteiger partial charge in [-0.15, -0.1) is 15.3 Å². The van der Waals surface area contributed by atoms with Crippen LogP contribution in [0.2, 0.25) is 0 Å². The van der Waals surface area contributed by atoms with E-state index in [1.807, 2.05) is 0 Å². The summed E-state index contributed by atoms with van der Waals surface area (Å²) in [4.78, 5) is 32.3. The van der Waals surface area contributed by atoms with Crippen molar-refractivity contribution in [3.8, 4) is 0 Å². The Kier molecular flexibility index (Phi) is 9.67. The highest BCUT2D eigenvalue weighted by Gasteiger charge is 2.30. The van der Waals surface area contributed by atoms with Crippen LogP contribution < -0.4 is 10.6 Å². The zero-order chi connectivity index (χ0) is 31.2. The summed E-state index contributed by atoms with van der Waals surface area (Å²) in [7, 11) is 0. The molecule has 4 aromatic rings. The third-order valence-corrected chi connectivity index (χ3v) is 6.73. The predicted molar refractivity (Wildman–Crippen MR) is 139 cm³/mol. The van der Waals surface area contributed by atoms with E-state index in [4.69, 9.17) is 0 Å². The lowest BCUT2D eigenvalue weighted by Gasteiger charge is -2.10. The van der Waals surface area contributed by atoms with Gasteiger partial charge in [-0.1, -0.05) is 22.6 Å². The number of nitrogens with zero attached hydrogens (tertiary/aromatic N) is 7. The molecule has 4 heterocycles. The van der Waals surface area contributed by atoms with E-state index in [2.05, 4.69) is 41.1 Å². The Morgan fingerprint density at radius 2 is 1.74 bits per heavy atom. The Morgan fingerprint density at radius 1 is 1.00 bits per heavy atom. The summed E-state index contributed by atoms with van der Waals surface area (Å²) < 4.78 is 81.1. The average molecular weight is 628 g/mol. The predicted octanol–water partition coefficient (Wildman–Crippen LogP) is 3.88. The molecular weight excluding hydrogens is 604 g/mol. The van der Waals surface area contributed by atoms with Crippen molar-refractivity contribution in [3.63, 3.8) is 0 Å². The zero-order valence-electron chi connectivity index (χ0n) is 22.3. The SMILES string of the molecule is CC(F)(F)c1cccc(CNC(=O)c2nnc(CCC(F)Cn3cc(C(=O)NCc4cc(C(F)(F)F)ccn4)nn3)s2)n1. The van der Waals surface area contributed by atoms with Crippen molar-refractivity contribution < 1.29 is 35.9 Å². The summed E-state index contributed by atoms with van der Waals surface area (Å²) >= 11 is 0.949. The van der Waals surface area contributed by atoms with E-state index in [-0.39, 0.29) is 54.6 Å². The van der Waals surface area contributed by atoms with Crippen LogP contribution in [0.3, 0.4) is 0 Å². The van der Waals surface area contributed by atoms with Crippen molar-refractivity contribution >= 4 is 23.2 Å². The maximum atomic E-state index is 14.6. The first kappa shape index (κ1) is 31.5. The van der Waals surface area contributed by atoms with Crippen molar-refractivity contribution in [2.75, 3.05) is 0 Å². The number of hydrogen-bond acceptors (Lipinski definition) is 9. The molecule has 11 nitrogen and oxygen atoms in total. The van der Waals surface area contributed by atoms with Crippen LogP contribution in [0.1, 0.15) is 61.3 Å². The second-order valence-electron chi connectivity index (χ2n) is 9.26. The van der Waals surface area contributed by atoms with E-state index >= 15 is 0 Å². The van der Waals surface area contributed by atoms with E-state index in [1.54, 1.807) is 0 Å². The minimum atomic E-state index is -4.55. The Balaban J connectivity index is 1.21. The fraction of sp³-hybridized carbons (Fsp3) is 0.360. The van der Waals surface area contributed by atoms with Crippen molar-refractivity contribution in [1.82, 2.24) is 45.8 Å². The quantitative estimate of drug-likeness (QED) is 0.226. The number of hydrogen-bond donors (Lipinski definition) is 2. The summed E-state index contributed by atoms with van der Waals surface area (Å²) in [6.07, 6.45) is -3.66. The third-order valence-electron chi connectivity index (χ3n) is 5.75. The molecule has 0 saturated heterocycles. The molecule has 43 heavy (non-hydrogen) atoms. The van der Waals surface area contributed by atoms with E-state index in [1.165, 1.54) is 24.4 Å². The molecule has 0 aliphatic carbocycles. The number of amides is 2. The lowest BCUT2D eigenvalue weighted by atomic mass is 10.2. The van der Waals surface area contributed by atoms with Gasteiger partial charge >= 0.3 is 6.18 Å². The molecule has 0 aromatic carbocycles. The Bertz CT molecular complexity index is 1570. The average Bonchev–Trinajstić information content (AvgIpc) is 3.63. The minimum Gasteiger partial charge on any atom is -0.345 e. The summed E-state index contributed by atoms with van der Waals surface area (Å²) in [5.41, 5.74) is -1.26. The molecule has 0 radical (unpaired) electrons. The summed E-state index contributed by atoms with van der Waals surface area (Å²) in [5, 5.41) is 20.3. The smallest absolute Gasteiger partial charge is 0.345 e. The van der Waals surface area contributed by atoms with Gasteiger partial charge in [0.1, 0.15) is 16.9 Å². The van der Waals surface area contributed by atoms with Crippen LogP contribution in [0, 0.1) is 0 Å². The first-order valence-corrected chi connectivity index (χ1v) is 13.4. The summed E-state index contributed by atoms with van der Waals surface area (Å²) in [6.45, 7) is 0.0825. The van der Waals surface area contributed by atoms with Gasteiger partial charge in [0.25, 0.3) is 17.7 Å². The molecule has 228 valence electrons. The third kappa shape index (κ3) is 9.00. The molecule has 1 atom stereocenters. The number of carbonyl (C=O) groups is 2. The molecule has 2 N–H and O–H groups in total. The van der Waals surface area contributed by atoms with Gasteiger partial charge in [-0.25, -0.2) is 14.1 Å².